The van der Waals surface area contributed by atoms with Gasteiger partial charge in [-0.1, -0.05) is 54.6 Å². The molecule has 0 radical (unpaired) electrons. The Bertz CT molecular complexity index is 970. The van der Waals surface area contributed by atoms with Gasteiger partial charge in [-0.2, -0.15) is 0 Å². The molecule has 1 unspecified atom stereocenters. The van der Waals surface area contributed by atoms with Crippen molar-refractivity contribution < 1.29 is 9.53 Å². The molecule has 3 aromatic carbocycles. The van der Waals surface area contributed by atoms with Crippen LogP contribution in [0.5, 0.6) is 5.75 Å². The fraction of sp³-hybridized carbons (Fsp3) is 0.240. The van der Waals surface area contributed by atoms with E-state index >= 15 is 0 Å². The van der Waals surface area contributed by atoms with E-state index in [0.717, 1.165) is 28.1 Å². The van der Waals surface area contributed by atoms with Gasteiger partial charge in [0.15, 0.2) is 0 Å². The van der Waals surface area contributed by atoms with Gasteiger partial charge in [0.05, 0.1) is 7.11 Å². The number of methoxy groups -OCH3 is 1. The van der Waals surface area contributed by atoms with Crippen LogP contribution in [0.25, 0.3) is 0 Å². The first-order valence-corrected chi connectivity index (χ1v) is 9.82. The molecule has 29 heavy (non-hydrogen) atoms. The van der Waals surface area contributed by atoms with E-state index in [-0.39, 0.29) is 5.91 Å². The van der Waals surface area contributed by atoms with Crippen molar-refractivity contribution in [1.82, 2.24) is 0 Å². The molecule has 4 heteroatoms. The zero-order valence-electron chi connectivity index (χ0n) is 17.3. The number of benzene rings is 3. The third-order valence-corrected chi connectivity index (χ3v) is 5.29. The molecule has 0 fully saturated rings. The summed E-state index contributed by atoms with van der Waals surface area (Å²) >= 11 is 0. The van der Waals surface area contributed by atoms with Crippen LogP contribution in [0.15, 0.2) is 72.8 Å². The van der Waals surface area contributed by atoms with Crippen LogP contribution in [-0.4, -0.2) is 19.6 Å². The molecule has 0 saturated heterocycles. The van der Waals surface area contributed by atoms with Crippen molar-refractivity contribution in [2.24, 2.45) is 5.73 Å². The highest BCUT2D eigenvalue weighted by Gasteiger charge is 2.24. The van der Waals surface area contributed by atoms with Crippen molar-refractivity contribution in [2.45, 2.75) is 26.3 Å². The summed E-state index contributed by atoms with van der Waals surface area (Å²) in [6, 6.07) is 22.8. The summed E-state index contributed by atoms with van der Waals surface area (Å²) < 4.78 is 5.47. The van der Waals surface area contributed by atoms with Crippen molar-refractivity contribution >= 4 is 11.6 Å². The molecule has 0 heterocycles. The number of amides is 1. The van der Waals surface area contributed by atoms with Gasteiger partial charge in [0.1, 0.15) is 11.8 Å². The second kappa shape index (κ2) is 9.39. The van der Waals surface area contributed by atoms with Crippen LogP contribution in [-0.2, 0) is 11.2 Å². The number of aryl methyl sites for hydroxylation is 2. The summed E-state index contributed by atoms with van der Waals surface area (Å²) in [6.45, 7) is 4.64. The molecule has 1 atom stereocenters. The monoisotopic (exact) mass is 388 g/mol. The van der Waals surface area contributed by atoms with E-state index in [1.807, 2.05) is 72.8 Å². The predicted octanol–water partition coefficient (Wildman–Crippen LogP) is 4.59. The summed E-state index contributed by atoms with van der Waals surface area (Å²) in [5, 5.41) is 0. The largest absolute Gasteiger partial charge is 0.496 e. The van der Waals surface area contributed by atoms with Gasteiger partial charge in [0.2, 0.25) is 5.91 Å². The molecule has 3 rings (SSSR count). The Morgan fingerprint density at radius 3 is 2.34 bits per heavy atom. The molecular weight excluding hydrogens is 360 g/mol. The molecule has 0 aliphatic heterocycles. The summed E-state index contributed by atoms with van der Waals surface area (Å²) in [6.07, 6.45) is 0.671. The molecule has 4 nitrogen and oxygen atoms in total. The van der Waals surface area contributed by atoms with Crippen LogP contribution >= 0.6 is 0 Å². The van der Waals surface area contributed by atoms with E-state index in [1.165, 1.54) is 5.56 Å². The van der Waals surface area contributed by atoms with Gasteiger partial charge in [-0.15, -0.1) is 0 Å². The molecule has 2 N–H and O–H groups in total. The Morgan fingerprint density at radius 1 is 0.966 bits per heavy atom. The number of carbonyl (C=O) groups is 1. The third kappa shape index (κ3) is 4.84. The maximum Gasteiger partial charge on any atom is 0.248 e. The zero-order chi connectivity index (χ0) is 20.8. The third-order valence-electron chi connectivity index (χ3n) is 5.29. The maximum atomic E-state index is 13.4. The van der Waals surface area contributed by atoms with Crippen LogP contribution < -0.4 is 15.4 Å². The Morgan fingerprint density at radius 2 is 1.66 bits per heavy atom. The molecule has 0 bridgehead atoms. The lowest BCUT2D eigenvalue weighted by molar-refractivity contribution is -0.120. The number of para-hydroxylation sites is 1. The van der Waals surface area contributed by atoms with Gasteiger partial charge in [-0.3, -0.25) is 4.79 Å². The number of nitrogens with two attached hydrogens (primary N) is 1. The summed E-state index contributed by atoms with van der Waals surface area (Å²) in [4.78, 5) is 15.2. The molecule has 0 aliphatic rings. The normalized spacial score (nSPS) is 11.7. The van der Waals surface area contributed by atoms with Gasteiger partial charge in [-0.25, -0.2) is 0 Å². The van der Waals surface area contributed by atoms with Gasteiger partial charge >= 0.3 is 0 Å². The van der Waals surface area contributed by atoms with Crippen molar-refractivity contribution in [3.8, 4) is 5.75 Å². The van der Waals surface area contributed by atoms with E-state index < -0.39 is 6.04 Å². The number of nitrogens with zero attached hydrogens (tertiary/aromatic N) is 1. The van der Waals surface area contributed by atoms with Gasteiger partial charge in [0.25, 0.3) is 0 Å². The van der Waals surface area contributed by atoms with Crippen LogP contribution in [0.2, 0.25) is 0 Å². The molecule has 0 saturated carbocycles. The van der Waals surface area contributed by atoms with Gasteiger partial charge in [0, 0.05) is 12.2 Å². The number of ether oxygens (including phenoxy) is 1. The Labute approximate surface area is 172 Å². The van der Waals surface area contributed by atoms with Crippen LogP contribution in [0.1, 0.15) is 28.3 Å². The predicted molar refractivity (Wildman–Crippen MR) is 118 cm³/mol. The van der Waals surface area contributed by atoms with Crippen LogP contribution in [0.3, 0.4) is 0 Å². The first kappa shape index (κ1) is 20.6. The number of rotatable bonds is 7. The molecule has 1 amide bonds. The van der Waals surface area contributed by atoms with Gasteiger partial charge < -0.3 is 15.4 Å². The highest BCUT2D eigenvalue weighted by Crippen LogP contribution is 2.25. The average molecular weight is 389 g/mol. The van der Waals surface area contributed by atoms with Crippen molar-refractivity contribution in [2.75, 3.05) is 18.6 Å². The van der Waals surface area contributed by atoms with Crippen molar-refractivity contribution in [3.63, 3.8) is 0 Å². The molecule has 0 aliphatic carbocycles. The van der Waals surface area contributed by atoms with Crippen LogP contribution in [0.4, 0.5) is 5.69 Å². The topological polar surface area (TPSA) is 55.6 Å². The zero-order valence-corrected chi connectivity index (χ0v) is 17.3. The van der Waals surface area contributed by atoms with Crippen molar-refractivity contribution in [3.05, 3.63) is 95.1 Å². The summed E-state index contributed by atoms with van der Waals surface area (Å²) in [5.74, 6) is 0.710. The van der Waals surface area contributed by atoms with E-state index in [2.05, 4.69) is 13.8 Å². The second-order valence-electron chi connectivity index (χ2n) is 7.21. The minimum Gasteiger partial charge on any atom is -0.496 e. The molecular formula is C25H28N2O2. The van der Waals surface area contributed by atoms with Crippen molar-refractivity contribution in [1.29, 1.82) is 0 Å². The van der Waals surface area contributed by atoms with E-state index in [1.54, 1.807) is 12.0 Å². The highest BCUT2D eigenvalue weighted by molar-refractivity contribution is 5.97. The lowest BCUT2D eigenvalue weighted by Crippen LogP contribution is -2.40. The quantitative estimate of drug-likeness (QED) is 0.644. The summed E-state index contributed by atoms with van der Waals surface area (Å²) in [7, 11) is 1.66. The minimum atomic E-state index is -0.713. The fourth-order valence-electron chi connectivity index (χ4n) is 3.37. The summed E-state index contributed by atoms with van der Waals surface area (Å²) in [5.41, 5.74) is 11.4. The number of hydrogen-bond donors (Lipinski definition) is 1. The Hall–Kier alpha value is -3.11. The SMILES string of the molecule is COc1ccccc1CCN(C(=O)C(N)c1ccccc1)c1ccc(C)c(C)c1. The molecule has 0 spiro atoms. The highest BCUT2D eigenvalue weighted by atomic mass is 16.5. The Balaban J connectivity index is 1.90. The second-order valence-corrected chi connectivity index (χ2v) is 7.21. The standard InChI is InChI=1S/C25H28N2O2/c1-18-13-14-22(17-19(18)2)27(16-15-20-9-7-8-12-23(20)29-3)25(28)24(26)21-10-5-4-6-11-21/h4-14,17,24H,15-16,26H2,1-3H3. The van der Waals surface area contributed by atoms with Gasteiger partial charge in [-0.05, 0) is 60.7 Å². The number of carbonyl (C=O) groups excluding carboxylic acids is 1. The maximum absolute atomic E-state index is 13.4. The number of hydrogen-bond acceptors (Lipinski definition) is 3. The van der Waals surface area contributed by atoms with E-state index in [9.17, 15) is 4.79 Å². The molecule has 0 aromatic heterocycles. The lowest BCUT2D eigenvalue weighted by Gasteiger charge is -2.27. The molecule has 150 valence electrons. The minimum absolute atomic E-state index is 0.116. The smallest absolute Gasteiger partial charge is 0.248 e. The number of anilines is 1. The average Bonchev–Trinajstić information content (AvgIpc) is 2.76. The van der Waals surface area contributed by atoms with Crippen LogP contribution in [0, 0.1) is 13.8 Å². The molecule has 3 aromatic rings. The van der Waals surface area contributed by atoms with E-state index in [4.69, 9.17) is 10.5 Å². The lowest BCUT2D eigenvalue weighted by atomic mass is 10.0. The van der Waals surface area contributed by atoms with E-state index in [0.29, 0.717) is 13.0 Å². The first-order valence-electron chi connectivity index (χ1n) is 9.82. The first-order chi connectivity index (χ1) is 14.0. The fourth-order valence-corrected chi connectivity index (χ4v) is 3.37. The Kier molecular flexibility index (Phi) is 6.68.